The monoisotopic (exact) mass is 469 g/mol. The van der Waals surface area contributed by atoms with E-state index in [2.05, 4.69) is 10.2 Å². The third-order valence-electron chi connectivity index (χ3n) is 6.47. The molecule has 0 atom stereocenters. The maximum atomic E-state index is 9.92. The summed E-state index contributed by atoms with van der Waals surface area (Å²) in [6, 6.07) is 22.1. The Labute approximate surface area is 205 Å². The number of aromatic hydroxyl groups is 2. The van der Waals surface area contributed by atoms with Gasteiger partial charge in [0.1, 0.15) is 29.7 Å². The summed E-state index contributed by atoms with van der Waals surface area (Å²) in [4.78, 5) is 7.32. The second-order valence-corrected chi connectivity index (χ2v) is 9.06. The molecule has 35 heavy (non-hydrogen) atoms. The molecule has 0 unspecified atom stereocenters. The van der Waals surface area contributed by atoms with E-state index in [1.807, 2.05) is 42.5 Å². The molecule has 5 rings (SSSR count). The third kappa shape index (κ3) is 5.84. The molecule has 0 aliphatic carbocycles. The number of likely N-dealkylation sites (tertiary alicyclic amines) is 1. The van der Waals surface area contributed by atoms with E-state index in [0.29, 0.717) is 12.4 Å². The number of rotatable bonds is 7. The van der Waals surface area contributed by atoms with E-state index in [1.54, 1.807) is 30.3 Å². The molecule has 3 aromatic carbocycles. The van der Waals surface area contributed by atoms with Crippen LogP contribution in [0.4, 0.5) is 11.5 Å². The van der Waals surface area contributed by atoms with Crippen LogP contribution < -0.4 is 10.1 Å². The lowest BCUT2D eigenvalue weighted by Crippen LogP contribution is -2.29. The number of phenolic OH excluding ortho intramolecular Hbond substituents is 2. The average Bonchev–Trinajstić information content (AvgIpc) is 3.14. The van der Waals surface area contributed by atoms with Crippen LogP contribution >= 0.6 is 0 Å². The van der Waals surface area contributed by atoms with Crippen LogP contribution in [0.3, 0.4) is 0 Å². The Morgan fingerprint density at radius 3 is 2.26 bits per heavy atom. The number of aromatic nitrogens is 1. The average molecular weight is 470 g/mol. The molecule has 0 bridgehead atoms. The van der Waals surface area contributed by atoms with E-state index >= 15 is 0 Å². The normalized spacial score (nSPS) is 14.5. The largest absolute Gasteiger partial charge is 0.508 e. The topological polar surface area (TPSA) is 77.8 Å². The van der Waals surface area contributed by atoms with Gasteiger partial charge in [-0.1, -0.05) is 25.0 Å². The van der Waals surface area contributed by atoms with Crippen molar-refractivity contribution < 1.29 is 14.9 Å². The summed E-state index contributed by atoms with van der Waals surface area (Å²) in [6.07, 6.45) is 5.26. The molecule has 3 N–H and O–H groups in total. The number of phenols is 2. The second-order valence-electron chi connectivity index (χ2n) is 9.06. The number of fused-ring (bicyclic) bond motifs is 1. The molecule has 4 aromatic rings. The Balaban J connectivity index is 1.32. The highest BCUT2D eigenvalue weighted by atomic mass is 16.5. The molecule has 1 aliphatic rings. The van der Waals surface area contributed by atoms with E-state index in [4.69, 9.17) is 9.72 Å². The summed E-state index contributed by atoms with van der Waals surface area (Å²) < 4.78 is 6.00. The number of hydrogen-bond acceptors (Lipinski definition) is 6. The van der Waals surface area contributed by atoms with Crippen molar-refractivity contribution in [3.8, 4) is 28.4 Å². The minimum absolute atomic E-state index is 0.197. The zero-order valence-electron chi connectivity index (χ0n) is 19.8. The van der Waals surface area contributed by atoms with Crippen molar-refractivity contribution in [3.05, 3.63) is 72.8 Å². The zero-order valence-corrected chi connectivity index (χ0v) is 19.8. The van der Waals surface area contributed by atoms with Crippen LogP contribution in [0.5, 0.6) is 17.2 Å². The highest BCUT2D eigenvalue weighted by molar-refractivity contribution is 5.91. The summed E-state index contributed by atoms with van der Waals surface area (Å²) in [6.45, 7) is 4.01. The Bertz CT molecular complexity index is 1270. The molecule has 6 nitrogen and oxygen atoms in total. The minimum Gasteiger partial charge on any atom is -0.508 e. The van der Waals surface area contributed by atoms with Crippen LogP contribution in [0.1, 0.15) is 25.7 Å². The van der Waals surface area contributed by atoms with Crippen molar-refractivity contribution in [3.63, 3.8) is 0 Å². The smallest absolute Gasteiger partial charge is 0.138 e. The van der Waals surface area contributed by atoms with Gasteiger partial charge in [-0.05, 0) is 92.2 Å². The number of nitrogens with one attached hydrogen (secondary N) is 1. The summed E-state index contributed by atoms with van der Waals surface area (Å²) in [5, 5.41) is 23.9. The zero-order chi connectivity index (χ0) is 24.0. The van der Waals surface area contributed by atoms with Gasteiger partial charge in [0.2, 0.25) is 0 Å². The second kappa shape index (κ2) is 10.7. The lowest BCUT2D eigenvalue weighted by molar-refractivity contribution is 0.214. The van der Waals surface area contributed by atoms with Gasteiger partial charge in [0.15, 0.2) is 0 Å². The molecule has 0 saturated carbocycles. The van der Waals surface area contributed by atoms with Gasteiger partial charge in [0, 0.05) is 23.2 Å². The first-order chi connectivity index (χ1) is 17.1. The highest BCUT2D eigenvalue weighted by Crippen LogP contribution is 2.34. The van der Waals surface area contributed by atoms with Crippen molar-refractivity contribution in [2.45, 2.75) is 25.7 Å². The number of ether oxygens (including phenoxy) is 1. The molecule has 6 heteroatoms. The van der Waals surface area contributed by atoms with Crippen LogP contribution in [-0.4, -0.2) is 46.3 Å². The van der Waals surface area contributed by atoms with Gasteiger partial charge in [0.05, 0.1) is 5.52 Å². The molecular formula is C29H31N3O3. The summed E-state index contributed by atoms with van der Waals surface area (Å²) in [7, 11) is 0. The fourth-order valence-electron chi connectivity index (χ4n) is 4.54. The third-order valence-corrected chi connectivity index (χ3v) is 6.47. The van der Waals surface area contributed by atoms with Crippen LogP contribution in [0.15, 0.2) is 72.8 Å². The highest BCUT2D eigenvalue weighted by Gasteiger charge is 2.12. The van der Waals surface area contributed by atoms with Gasteiger partial charge >= 0.3 is 0 Å². The predicted octanol–water partition coefficient (Wildman–Crippen LogP) is 6.31. The van der Waals surface area contributed by atoms with Gasteiger partial charge in [0.25, 0.3) is 0 Å². The maximum absolute atomic E-state index is 9.92. The maximum Gasteiger partial charge on any atom is 0.138 e. The van der Waals surface area contributed by atoms with Gasteiger partial charge in [-0.25, -0.2) is 4.98 Å². The van der Waals surface area contributed by atoms with E-state index < -0.39 is 0 Å². The van der Waals surface area contributed by atoms with Crippen molar-refractivity contribution in [2.75, 3.05) is 31.6 Å². The Morgan fingerprint density at radius 2 is 1.51 bits per heavy atom. The predicted molar refractivity (Wildman–Crippen MR) is 141 cm³/mol. The fourth-order valence-corrected chi connectivity index (χ4v) is 4.54. The van der Waals surface area contributed by atoms with Gasteiger partial charge in [-0.3, -0.25) is 4.90 Å². The lowest BCUT2D eigenvalue weighted by atomic mass is 10.0. The van der Waals surface area contributed by atoms with E-state index in [0.717, 1.165) is 40.0 Å². The summed E-state index contributed by atoms with van der Waals surface area (Å²) in [5.74, 6) is 1.96. The van der Waals surface area contributed by atoms with E-state index in [-0.39, 0.29) is 11.5 Å². The first kappa shape index (κ1) is 23.0. The SMILES string of the molecule is Oc1ccc(-c2cc3cc(O)ccc3nc2Nc2ccc(OCCN3CCCCCC3)cc2)cc1. The van der Waals surface area contributed by atoms with Crippen LogP contribution in [0.25, 0.3) is 22.0 Å². The summed E-state index contributed by atoms with van der Waals surface area (Å²) >= 11 is 0. The molecule has 0 amide bonds. The molecule has 2 heterocycles. The first-order valence-electron chi connectivity index (χ1n) is 12.3. The molecule has 1 aromatic heterocycles. The quantitative estimate of drug-likeness (QED) is 0.294. The van der Waals surface area contributed by atoms with Gasteiger partial charge in [-0.2, -0.15) is 0 Å². The van der Waals surface area contributed by atoms with Crippen LogP contribution in [0.2, 0.25) is 0 Å². The Kier molecular flexibility index (Phi) is 7.00. The summed E-state index contributed by atoms with van der Waals surface area (Å²) in [5.41, 5.74) is 3.47. The molecular weight excluding hydrogens is 438 g/mol. The van der Waals surface area contributed by atoms with Crippen molar-refractivity contribution >= 4 is 22.4 Å². The van der Waals surface area contributed by atoms with Gasteiger partial charge in [-0.15, -0.1) is 0 Å². The molecule has 0 radical (unpaired) electrons. The minimum atomic E-state index is 0.197. The Hall–Kier alpha value is -3.77. The Morgan fingerprint density at radius 1 is 0.800 bits per heavy atom. The number of nitrogens with zero attached hydrogens (tertiary/aromatic N) is 2. The van der Waals surface area contributed by atoms with E-state index in [9.17, 15) is 10.2 Å². The standard InChI is InChI=1S/C29H31N3O3/c33-24-9-5-21(6-10-24)27-20-22-19-25(34)11-14-28(22)31-29(27)30-23-7-12-26(13-8-23)35-18-17-32-15-3-1-2-4-16-32/h5-14,19-20,33-34H,1-4,15-18H2,(H,30,31). The van der Waals surface area contributed by atoms with Crippen LogP contribution in [-0.2, 0) is 0 Å². The molecule has 1 saturated heterocycles. The van der Waals surface area contributed by atoms with Crippen LogP contribution in [0, 0.1) is 0 Å². The van der Waals surface area contributed by atoms with Crippen molar-refractivity contribution in [1.29, 1.82) is 0 Å². The molecule has 180 valence electrons. The molecule has 0 spiro atoms. The number of hydrogen-bond donors (Lipinski definition) is 3. The molecule has 1 aliphatic heterocycles. The van der Waals surface area contributed by atoms with Gasteiger partial charge < -0.3 is 20.3 Å². The van der Waals surface area contributed by atoms with Crippen molar-refractivity contribution in [1.82, 2.24) is 9.88 Å². The molecule has 1 fully saturated rings. The number of anilines is 2. The number of pyridine rings is 1. The fraction of sp³-hybridized carbons (Fsp3) is 0.276. The first-order valence-corrected chi connectivity index (χ1v) is 12.3. The van der Waals surface area contributed by atoms with E-state index in [1.165, 1.54) is 38.8 Å². The van der Waals surface area contributed by atoms with Crippen molar-refractivity contribution in [2.24, 2.45) is 0 Å². The lowest BCUT2D eigenvalue weighted by Gasteiger charge is -2.19. The number of benzene rings is 3.